The summed E-state index contributed by atoms with van der Waals surface area (Å²) in [4.78, 5) is 10.7. The Labute approximate surface area is 98.9 Å². The maximum absolute atomic E-state index is 10.7. The molecule has 5 nitrogen and oxygen atoms in total. The molecule has 0 aromatic heterocycles. The highest BCUT2D eigenvalue weighted by molar-refractivity contribution is 5.68. The van der Waals surface area contributed by atoms with Crippen LogP contribution in [0.1, 0.15) is 20.3 Å². The van der Waals surface area contributed by atoms with Gasteiger partial charge in [0.15, 0.2) is 11.5 Å². The second-order valence-electron chi connectivity index (χ2n) is 4.45. The van der Waals surface area contributed by atoms with Crippen LogP contribution in [0.5, 0.6) is 17.2 Å². The van der Waals surface area contributed by atoms with E-state index in [1.807, 2.05) is 0 Å². The van der Waals surface area contributed by atoms with E-state index in [9.17, 15) is 4.79 Å². The van der Waals surface area contributed by atoms with Crippen LogP contribution in [0.15, 0.2) is 18.2 Å². The van der Waals surface area contributed by atoms with Crippen molar-refractivity contribution in [2.45, 2.75) is 25.9 Å². The lowest BCUT2D eigenvalue weighted by Crippen LogP contribution is -2.31. The minimum atomic E-state index is -0.893. The van der Waals surface area contributed by atoms with Gasteiger partial charge in [-0.1, -0.05) is 0 Å². The highest BCUT2D eigenvalue weighted by atomic mass is 16.7. The van der Waals surface area contributed by atoms with Crippen molar-refractivity contribution in [3.63, 3.8) is 0 Å². The van der Waals surface area contributed by atoms with Crippen LogP contribution >= 0.6 is 0 Å². The van der Waals surface area contributed by atoms with Gasteiger partial charge >= 0.3 is 5.97 Å². The molecule has 1 aromatic rings. The van der Waals surface area contributed by atoms with Gasteiger partial charge in [-0.15, -0.1) is 0 Å². The maximum atomic E-state index is 10.7. The third kappa shape index (κ3) is 2.81. The standard InChI is InChI=1S/C12H14O5/c1-12(2,6-11(13)14)17-8-3-4-9-10(5-8)16-7-15-9/h3-5H,6-7H2,1-2H3,(H,13,14). The van der Waals surface area contributed by atoms with Gasteiger partial charge in [0.1, 0.15) is 11.4 Å². The molecule has 1 aliphatic rings. The van der Waals surface area contributed by atoms with Crippen LogP contribution in [0.4, 0.5) is 0 Å². The number of fused-ring (bicyclic) bond motifs is 1. The molecule has 92 valence electrons. The lowest BCUT2D eigenvalue weighted by atomic mass is 10.1. The predicted molar refractivity (Wildman–Crippen MR) is 59.5 cm³/mol. The first-order chi connectivity index (χ1) is 7.96. The van der Waals surface area contributed by atoms with E-state index in [0.717, 1.165) is 0 Å². The fraction of sp³-hybridized carbons (Fsp3) is 0.417. The van der Waals surface area contributed by atoms with Gasteiger partial charge in [0.2, 0.25) is 6.79 Å². The van der Waals surface area contributed by atoms with Crippen LogP contribution in [0, 0.1) is 0 Å². The molecular formula is C12H14O5. The number of aliphatic carboxylic acids is 1. The summed E-state index contributed by atoms with van der Waals surface area (Å²) in [6.45, 7) is 3.66. The first kappa shape index (κ1) is 11.6. The van der Waals surface area contributed by atoms with Gasteiger partial charge in [-0.2, -0.15) is 0 Å². The first-order valence-electron chi connectivity index (χ1n) is 5.27. The molecule has 1 N–H and O–H groups in total. The van der Waals surface area contributed by atoms with E-state index in [2.05, 4.69) is 0 Å². The molecule has 0 bridgehead atoms. The summed E-state index contributed by atoms with van der Waals surface area (Å²) < 4.78 is 16.0. The Kier molecular flexibility index (Phi) is 2.83. The van der Waals surface area contributed by atoms with Crippen LogP contribution in [-0.2, 0) is 4.79 Å². The van der Waals surface area contributed by atoms with Crippen molar-refractivity contribution in [2.24, 2.45) is 0 Å². The molecule has 2 rings (SSSR count). The SMILES string of the molecule is CC(C)(CC(=O)O)Oc1ccc2c(c1)OCO2. The number of benzene rings is 1. The van der Waals surface area contributed by atoms with E-state index in [1.54, 1.807) is 32.0 Å². The molecule has 17 heavy (non-hydrogen) atoms. The summed E-state index contributed by atoms with van der Waals surface area (Å²) in [7, 11) is 0. The Hall–Kier alpha value is -1.91. The average Bonchev–Trinajstić information content (AvgIpc) is 2.61. The zero-order valence-corrected chi connectivity index (χ0v) is 9.73. The summed E-state index contributed by atoms with van der Waals surface area (Å²) in [5.74, 6) is 0.971. The normalized spacial score (nSPS) is 13.5. The third-order valence-corrected chi connectivity index (χ3v) is 2.32. The molecular weight excluding hydrogens is 224 g/mol. The van der Waals surface area contributed by atoms with Crippen molar-refractivity contribution in [1.29, 1.82) is 0 Å². The molecule has 0 spiro atoms. The highest BCUT2D eigenvalue weighted by Crippen LogP contribution is 2.36. The van der Waals surface area contributed by atoms with Gasteiger partial charge in [-0.25, -0.2) is 0 Å². The molecule has 0 radical (unpaired) electrons. The van der Waals surface area contributed by atoms with Gasteiger partial charge in [-0.05, 0) is 26.0 Å². The zero-order valence-electron chi connectivity index (χ0n) is 9.73. The maximum Gasteiger partial charge on any atom is 0.307 e. The van der Waals surface area contributed by atoms with Gasteiger partial charge in [0.25, 0.3) is 0 Å². The van der Waals surface area contributed by atoms with Crippen molar-refractivity contribution in [3.05, 3.63) is 18.2 Å². The van der Waals surface area contributed by atoms with Crippen LogP contribution in [-0.4, -0.2) is 23.5 Å². The van der Waals surface area contributed by atoms with Crippen molar-refractivity contribution < 1.29 is 24.1 Å². The summed E-state index contributed by atoms with van der Waals surface area (Å²) in [5.41, 5.74) is -0.764. The van der Waals surface area contributed by atoms with Crippen molar-refractivity contribution >= 4 is 5.97 Å². The molecule has 0 unspecified atom stereocenters. The Morgan fingerprint density at radius 2 is 2.12 bits per heavy atom. The molecule has 0 amide bonds. The number of ether oxygens (including phenoxy) is 3. The summed E-state index contributed by atoms with van der Waals surface area (Å²) >= 11 is 0. The minimum Gasteiger partial charge on any atom is -0.487 e. The number of carboxylic acid groups (broad SMARTS) is 1. The number of rotatable bonds is 4. The average molecular weight is 238 g/mol. The molecule has 0 saturated heterocycles. The Balaban J connectivity index is 2.11. The highest BCUT2D eigenvalue weighted by Gasteiger charge is 2.24. The quantitative estimate of drug-likeness (QED) is 0.869. The van der Waals surface area contributed by atoms with Crippen LogP contribution in [0.25, 0.3) is 0 Å². The smallest absolute Gasteiger partial charge is 0.307 e. The molecule has 1 heterocycles. The third-order valence-electron chi connectivity index (χ3n) is 2.32. The van der Waals surface area contributed by atoms with Gasteiger partial charge in [0.05, 0.1) is 6.42 Å². The Morgan fingerprint density at radius 3 is 2.82 bits per heavy atom. The molecule has 0 aliphatic carbocycles. The Morgan fingerprint density at radius 1 is 1.41 bits per heavy atom. The largest absolute Gasteiger partial charge is 0.487 e. The number of carbonyl (C=O) groups is 1. The fourth-order valence-electron chi connectivity index (χ4n) is 1.66. The monoisotopic (exact) mass is 238 g/mol. The summed E-state index contributed by atoms with van der Waals surface area (Å²) in [6, 6.07) is 5.18. The van der Waals surface area contributed by atoms with Gasteiger partial charge in [0, 0.05) is 6.07 Å². The van der Waals surface area contributed by atoms with Crippen LogP contribution < -0.4 is 14.2 Å². The van der Waals surface area contributed by atoms with Crippen molar-refractivity contribution in [3.8, 4) is 17.2 Å². The molecule has 0 atom stereocenters. The lowest BCUT2D eigenvalue weighted by molar-refractivity contribution is -0.140. The number of hydrogen-bond acceptors (Lipinski definition) is 4. The molecule has 0 saturated carbocycles. The first-order valence-corrected chi connectivity index (χ1v) is 5.27. The van der Waals surface area contributed by atoms with Crippen molar-refractivity contribution in [1.82, 2.24) is 0 Å². The van der Waals surface area contributed by atoms with E-state index in [0.29, 0.717) is 17.2 Å². The predicted octanol–water partition coefficient (Wildman–Crippen LogP) is 2.05. The topological polar surface area (TPSA) is 65.0 Å². The molecule has 5 heteroatoms. The second kappa shape index (κ2) is 4.16. The number of carboxylic acids is 1. The zero-order chi connectivity index (χ0) is 12.5. The number of hydrogen-bond donors (Lipinski definition) is 1. The van der Waals surface area contributed by atoms with E-state index in [4.69, 9.17) is 19.3 Å². The minimum absolute atomic E-state index is 0.0680. The summed E-state index contributed by atoms with van der Waals surface area (Å²) in [6.07, 6.45) is -0.0680. The Bertz CT molecular complexity index is 439. The molecule has 1 aromatic carbocycles. The lowest BCUT2D eigenvalue weighted by Gasteiger charge is -2.24. The second-order valence-corrected chi connectivity index (χ2v) is 4.45. The van der Waals surface area contributed by atoms with E-state index in [-0.39, 0.29) is 13.2 Å². The van der Waals surface area contributed by atoms with E-state index < -0.39 is 11.6 Å². The van der Waals surface area contributed by atoms with Gasteiger partial charge in [-0.3, -0.25) is 4.79 Å². The van der Waals surface area contributed by atoms with Crippen molar-refractivity contribution in [2.75, 3.05) is 6.79 Å². The van der Waals surface area contributed by atoms with Crippen LogP contribution in [0.3, 0.4) is 0 Å². The fourth-order valence-corrected chi connectivity index (χ4v) is 1.66. The van der Waals surface area contributed by atoms with Gasteiger partial charge < -0.3 is 19.3 Å². The molecule has 1 aliphatic heterocycles. The van der Waals surface area contributed by atoms with E-state index >= 15 is 0 Å². The van der Waals surface area contributed by atoms with E-state index in [1.165, 1.54) is 0 Å². The molecule has 0 fully saturated rings. The van der Waals surface area contributed by atoms with Crippen LogP contribution in [0.2, 0.25) is 0 Å². The summed E-state index contributed by atoms with van der Waals surface area (Å²) in [5, 5.41) is 8.76.